The molecule has 2 aromatic carbocycles. The normalized spacial score (nSPS) is 12.3. The molecule has 0 bridgehead atoms. The van der Waals surface area contributed by atoms with Gasteiger partial charge >= 0.3 is 0 Å². The van der Waals surface area contributed by atoms with Gasteiger partial charge in [0.05, 0.1) is 5.56 Å². The van der Waals surface area contributed by atoms with Crippen molar-refractivity contribution in [3.05, 3.63) is 64.5 Å². The summed E-state index contributed by atoms with van der Waals surface area (Å²) in [6, 6.07) is 9.33. The summed E-state index contributed by atoms with van der Waals surface area (Å²) in [6.45, 7) is 11.9. The van der Waals surface area contributed by atoms with Crippen LogP contribution in [0.25, 0.3) is 0 Å². The van der Waals surface area contributed by atoms with Crippen LogP contribution in [-0.2, 0) is 10.8 Å². The first kappa shape index (κ1) is 18.2. The van der Waals surface area contributed by atoms with Crippen molar-refractivity contribution in [2.75, 3.05) is 0 Å². The zero-order valence-corrected chi connectivity index (χ0v) is 15.2. The largest absolute Gasteiger partial charge is 0.507 e. The number of carbonyl (C=O) groups excluding carboxylic acids is 1. The fourth-order valence-corrected chi connectivity index (χ4v) is 2.71. The highest BCUT2D eigenvalue weighted by atomic mass is 19.1. The highest BCUT2D eigenvalue weighted by Crippen LogP contribution is 2.40. The number of benzene rings is 2. The fraction of sp³-hybridized carbons (Fsp3) is 0.381. The fourth-order valence-electron chi connectivity index (χ4n) is 2.71. The van der Waals surface area contributed by atoms with Crippen molar-refractivity contribution in [3.8, 4) is 5.75 Å². The molecule has 0 fully saturated rings. The predicted octanol–water partition coefficient (Wildman–Crippen LogP) is 5.36. The smallest absolute Gasteiger partial charge is 0.195 e. The summed E-state index contributed by atoms with van der Waals surface area (Å²) < 4.78 is 14.0. The number of phenols is 1. The number of halogens is 1. The number of aromatic hydroxyl groups is 1. The first-order valence-corrected chi connectivity index (χ1v) is 8.10. The average molecular weight is 328 g/mol. The van der Waals surface area contributed by atoms with Crippen LogP contribution in [-0.4, -0.2) is 10.9 Å². The molecule has 0 amide bonds. The standard InChI is InChI=1S/C21H25FO2/c1-20(2,3)15-11-13(12-16(19(15)24)21(4,5)6)18(23)14-9-7-8-10-17(14)22/h7-12,24H,1-6H3. The molecule has 0 heterocycles. The van der Waals surface area contributed by atoms with Crippen LogP contribution >= 0.6 is 0 Å². The van der Waals surface area contributed by atoms with E-state index >= 15 is 0 Å². The Morgan fingerprint density at radius 3 is 1.79 bits per heavy atom. The minimum absolute atomic E-state index is 0.0444. The molecule has 2 aromatic rings. The van der Waals surface area contributed by atoms with E-state index in [-0.39, 0.29) is 27.9 Å². The van der Waals surface area contributed by atoms with Crippen LogP contribution in [0.1, 0.15) is 68.6 Å². The van der Waals surface area contributed by atoms with Crippen LogP contribution in [0.5, 0.6) is 5.75 Å². The lowest BCUT2D eigenvalue weighted by molar-refractivity contribution is 0.103. The van der Waals surface area contributed by atoms with E-state index in [0.29, 0.717) is 16.7 Å². The molecule has 1 N–H and O–H groups in total. The molecule has 24 heavy (non-hydrogen) atoms. The van der Waals surface area contributed by atoms with Crippen LogP contribution in [0, 0.1) is 5.82 Å². The Balaban J connectivity index is 2.72. The Bertz CT molecular complexity index is 742. The number of phenolic OH excluding ortho intramolecular Hbond substituents is 1. The van der Waals surface area contributed by atoms with Gasteiger partial charge < -0.3 is 5.11 Å². The number of hydrogen-bond donors (Lipinski definition) is 1. The van der Waals surface area contributed by atoms with Gasteiger partial charge in [0.15, 0.2) is 5.78 Å². The number of ketones is 1. The van der Waals surface area contributed by atoms with Crippen molar-refractivity contribution in [2.45, 2.75) is 52.4 Å². The second kappa shape index (κ2) is 6.04. The second-order valence-corrected chi connectivity index (χ2v) is 8.23. The van der Waals surface area contributed by atoms with Gasteiger partial charge in [0.2, 0.25) is 0 Å². The van der Waals surface area contributed by atoms with Crippen LogP contribution in [0.2, 0.25) is 0 Å². The van der Waals surface area contributed by atoms with Gasteiger partial charge in [-0.05, 0) is 35.1 Å². The molecule has 0 atom stereocenters. The lowest BCUT2D eigenvalue weighted by atomic mass is 9.77. The van der Waals surface area contributed by atoms with E-state index in [9.17, 15) is 14.3 Å². The summed E-state index contributed by atoms with van der Waals surface area (Å²) in [7, 11) is 0. The van der Waals surface area contributed by atoms with Gasteiger partial charge in [-0.15, -0.1) is 0 Å². The Kier molecular flexibility index (Phi) is 4.58. The summed E-state index contributed by atoms with van der Waals surface area (Å²) in [5, 5.41) is 10.7. The molecule has 2 rings (SSSR count). The topological polar surface area (TPSA) is 37.3 Å². The molecule has 0 saturated heterocycles. The SMILES string of the molecule is CC(C)(C)c1cc(C(=O)c2ccccc2F)cc(C(C)(C)C)c1O. The Morgan fingerprint density at radius 2 is 1.38 bits per heavy atom. The van der Waals surface area contributed by atoms with Gasteiger partial charge in [-0.1, -0.05) is 53.7 Å². The molecule has 0 aliphatic heterocycles. The molecule has 3 heteroatoms. The molecule has 0 aliphatic carbocycles. The molecular weight excluding hydrogens is 303 g/mol. The van der Waals surface area contributed by atoms with Gasteiger partial charge in [-0.25, -0.2) is 4.39 Å². The molecule has 0 unspecified atom stereocenters. The van der Waals surface area contributed by atoms with Gasteiger partial charge in [-0.2, -0.15) is 0 Å². The Morgan fingerprint density at radius 1 is 0.917 bits per heavy atom. The molecule has 2 nitrogen and oxygen atoms in total. The minimum atomic E-state index is -0.537. The third-order valence-corrected chi connectivity index (χ3v) is 4.11. The molecule has 0 aromatic heterocycles. The number of carbonyl (C=O) groups is 1. The van der Waals surface area contributed by atoms with Gasteiger partial charge in [-0.3, -0.25) is 4.79 Å². The predicted molar refractivity (Wildman–Crippen MR) is 95.3 cm³/mol. The van der Waals surface area contributed by atoms with Crippen LogP contribution in [0.4, 0.5) is 4.39 Å². The van der Waals surface area contributed by atoms with Crippen molar-refractivity contribution < 1.29 is 14.3 Å². The monoisotopic (exact) mass is 328 g/mol. The first-order valence-electron chi connectivity index (χ1n) is 8.10. The summed E-state index contributed by atoms with van der Waals surface area (Å²) in [5.41, 5.74) is 1.14. The molecule has 0 radical (unpaired) electrons. The maximum atomic E-state index is 14.0. The Hall–Kier alpha value is -2.16. The molecule has 0 aliphatic rings. The minimum Gasteiger partial charge on any atom is -0.507 e. The van der Waals surface area contributed by atoms with E-state index in [4.69, 9.17) is 0 Å². The van der Waals surface area contributed by atoms with Crippen molar-refractivity contribution >= 4 is 5.78 Å². The van der Waals surface area contributed by atoms with Crippen molar-refractivity contribution in [3.63, 3.8) is 0 Å². The van der Waals surface area contributed by atoms with E-state index in [1.54, 1.807) is 24.3 Å². The summed E-state index contributed by atoms with van der Waals surface area (Å²) in [5.74, 6) is -0.700. The first-order chi connectivity index (χ1) is 10.9. The molecule has 128 valence electrons. The van der Waals surface area contributed by atoms with Gasteiger partial charge in [0, 0.05) is 16.7 Å². The van der Waals surface area contributed by atoms with Crippen LogP contribution < -0.4 is 0 Å². The lowest BCUT2D eigenvalue weighted by Gasteiger charge is -2.28. The summed E-state index contributed by atoms with van der Waals surface area (Å²) in [6.07, 6.45) is 0. The van der Waals surface area contributed by atoms with Gasteiger partial charge in [0.25, 0.3) is 0 Å². The van der Waals surface area contributed by atoms with E-state index in [1.165, 1.54) is 12.1 Å². The van der Waals surface area contributed by atoms with E-state index in [2.05, 4.69) is 0 Å². The summed E-state index contributed by atoms with van der Waals surface area (Å²) >= 11 is 0. The molecular formula is C21H25FO2. The lowest BCUT2D eigenvalue weighted by Crippen LogP contribution is -2.19. The van der Waals surface area contributed by atoms with E-state index in [1.807, 2.05) is 41.5 Å². The van der Waals surface area contributed by atoms with Gasteiger partial charge in [0.1, 0.15) is 11.6 Å². The van der Waals surface area contributed by atoms with E-state index < -0.39 is 5.82 Å². The highest BCUT2D eigenvalue weighted by Gasteiger charge is 2.28. The Labute approximate surface area is 143 Å². The third kappa shape index (κ3) is 3.50. The van der Waals surface area contributed by atoms with Crippen molar-refractivity contribution in [2.24, 2.45) is 0 Å². The zero-order valence-electron chi connectivity index (χ0n) is 15.2. The summed E-state index contributed by atoms with van der Waals surface area (Å²) in [4.78, 5) is 12.8. The van der Waals surface area contributed by atoms with Crippen LogP contribution in [0.3, 0.4) is 0 Å². The number of hydrogen-bond acceptors (Lipinski definition) is 2. The quantitative estimate of drug-likeness (QED) is 0.754. The van der Waals surface area contributed by atoms with Crippen molar-refractivity contribution in [1.29, 1.82) is 0 Å². The zero-order chi connectivity index (χ0) is 18.3. The maximum Gasteiger partial charge on any atom is 0.195 e. The average Bonchev–Trinajstić information content (AvgIpc) is 2.45. The third-order valence-electron chi connectivity index (χ3n) is 4.11. The molecule has 0 spiro atoms. The van der Waals surface area contributed by atoms with Crippen molar-refractivity contribution in [1.82, 2.24) is 0 Å². The second-order valence-electron chi connectivity index (χ2n) is 8.23. The molecule has 0 saturated carbocycles. The highest BCUT2D eigenvalue weighted by molar-refractivity contribution is 6.09. The van der Waals surface area contributed by atoms with Crippen LogP contribution in [0.15, 0.2) is 36.4 Å². The van der Waals surface area contributed by atoms with E-state index in [0.717, 1.165) is 0 Å². The maximum absolute atomic E-state index is 14.0. The number of rotatable bonds is 2.